The Bertz CT molecular complexity index is 733. The van der Waals surface area contributed by atoms with Crippen LogP contribution >= 0.6 is 0 Å². The van der Waals surface area contributed by atoms with Crippen LogP contribution in [0.25, 0.3) is 0 Å². The largest absolute Gasteiger partial charge is 0.377 e. The highest BCUT2D eigenvalue weighted by atomic mass is 16.2. The number of carbonyl (C=O) groups excluding carboxylic acids is 2. The Morgan fingerprint density at radius 3 is 2.33 bits per heavy atom. The quantitative estimate of drug-likeness (QED) is 0.658. The molecule has 2 N–H and O–H groups in total. The number of hydrogen-bond acceptors (Lipinski definition) is 3. The summed E-state index contributed by atoms with van der Waals surface area (Å²) in [6, 6.07) is 6.02. The maximum Gasteiger partial charge on any atom is 0.318 e. The Labute approximate surface area is 182 Å². The van der Waals surface area contributed by atoms with Crippen molar-refractivity contribution < 1.29 is 9.59 Å². The molecule has 1 aromatic rings. The van der Waals surface area contributed by atoms with Gasteiger partial charge in [-0.15, -0.1) is 0 Å². The first kappa shape index (κ1) is 24.0. The van der Waals surface area contributed by atoms with Crippen molar-refractivity contribution in [3.8, 4) is 0 Å². The Morgan fingerprint density at radius 1 is 1.17 bits per heavy atom. The van der Waals surface area contributed by atoms with Crippen molar-refractivity contribution in [2.24, 2.45) is 5.92 Å². The molecule has 0 aliphatic heterocycles. The number of anilines is 2. The van der Waals surface area contributed by atoms with Gasteiger partial charge in [0.2, 0.25) is 5.91 Å². The molecule has 3 amide bonds. The van der Waals surface area contributed by atoms with E-state index in [1.54, 1.807) is 0 Å². The molecule has 0 radical (unpaired) electrons. The fourth-order valence-electron chi connectivity index (χ4n) is 3.88. The van der Waals surface area contributed by atoms with Crippen LogP contribution in [0.5, 0.6) is 0 Å². The maximum absolute atomic E-state index is 13.0. The summed E-state index contributed by atoms with van der Waals surface area (Å²) in [6.07, 6.45) is 5.09. The summed E-state index contributed by atoms with van der Waals surface area (Å²) in [6.45, 7) is 10.6. The van der Waals surface area contributed by atoms with Gasteiger partial charge in [0.25, 0.3) is 0 Å². The summed E-state index contributed by atoms with van der Waals surface area (Å²) in [4.78, 5) is 29.5. The first-order chi connectivity index (χ1) is 14.0. The van der Waals surface area contributed by atoms with E-state index >= 15 is 0 Å². The van der Waals surface area contributed by atoms with E-state index in [4.69, 9.17) is 0 Å². The summed E-state index contributed by atoms with van der Waals surface area (Å²) < 4.78 is 0. The van der Waals surface area contributed by atoms with E-state index in [0.29, 0.717) is 6.54 Å². The summed E-state index contributed by atoms with van der Waals surface area (Å²) in [7, 11) is 4.00. The third kappa shape index (κ3) is 6.64. The van der Waals surface area contributed by atoms with Gasteiger partial charge in [-0.25, -0.2) is 4.79 Å². The molecule has 1 saturated carbocycles. The summed E-state index contributed by atoms with van der Waals surface area (Å²) in [5.74, 6) is 0.233. The van der Waals surface area contributed by atoms with E-state index in [0.717, 1.165) is 49.0 Å². The monoisotopic (exact) mass is 416 g/mol. The lowest BCUT2D eigenvalue weighted by Crippen LogP contribution is -2.51. The van der Waals surface area contributed by atoms with Crippen LogP contribution < -0.4 is 15.5 Å². The molecule has 1 aliphatic rings. The van der Waals surface area contributed by atoms with E-state index in [1.165, 1.54) is 0 Å². The van der Waals surface area contributed by atoms with Gasteiger partial charge in [0.1, 0.15) is 0 Å². The van der Waals surface area contributed by atoms with Crippen molar-refractivity contribution in [2.75, 3.05) is 24.3 Å². The number of hydrogen-bond donors (Lipinski definition) is 2. The molecule has 1 aliphatic carbocycles. The highest BCUT2D eigenvalue weighted by Gasteiger charge is 2.26. The molecule has 2 rings (SSSR count). The van der Waals surface area contributed by atoms with Gasteiger partial charge in [0, 0.05) is 49.5 Å². The van der Waals surface area contributed by atoms with Gasteiger partial charge < -0.3 is 20.4 Å². The molecule has 0 unspecified atom stereocenters. The minimum absolute atomic E-state index is 0.0676. The molecule has 0 heterocycles. The number of nitrogens with zero attached hydrogens (tertiary/aromatic N) is 2. The molecule has 0 bridgehead atoms. The van der Waals surface area contributed by atoms with E-state index in [2.05, 4.69) is 24.5 Å². The van der Waals surface area contributed by atoms with E-state index < -0.39 is 0 Å². The zero-order chi connectivity index (χ0) is 22.5. The molecular weight excluding hydrogens is 376 g/mol. The fraction of sp³-hybridized carbons (Fsp3) is 0.667. The third-order valence-corrected chi connectivity index (χ3v) is 5.76. The standard InChI is InChI=1S/C24H40N4O2/c1-8-17(2)28(23(30)26-24(3,4)5)16-19-15-20(13-14-21(19)27(6)7)25-22(29)18-11-9-10-12-18/h13-15,17-18H,8-12,16H2,1-7H3,(H,25,29)(H,26,30)/t17-/m1/s1. The average molecular weight is 417 g/mol. The summed E-state index contributed by atoms with van der Waals surface area (Å²) >= 11 is 0. The Morgan fingerprint density at radius 2 is 1.80 bits per heavy atom. The van der Waals surface area contributed by atoms with Crippen molar-refractivity contribution in [3.63, 3.8) is 0 Å². The molecular formula is C24H40N4O2. The number of urea groups is 1. The lowest BCUT2D eigenvalue weighted by atomic mass is 10.1. The van der Waals surface area contributed by atoms with Crippen LogP contribution in [0.3, 0.4) is 0 Å². The number of benzene rings is 1. The minimum atomic E-state index is -0.301. The fourth-order valence-corrected chi connectivity index (χ4v) is 3.88. The van der Waals surface area contributed by atoms with Crippen LogP contribution in [-0.2, 0) is 11.3 Å². The highest BCUT2D eigenvalue weighted by molar-refractivity contribution is 5.93. The zero-order valence-electron chi connectivity index (χ0n) is 19.8. The van der Waals surface area contributed by atoms with Crippen molar-refractivity contribution in [1.82, 2.24) is 10.2 Å². The van der Waals surface area contributed by atoms with Crippen molar-refractivity contribution in [2.45, 2.75) is 84.8 Å². The first-order valence-electron chi connectivity index (χ1n) is 11.2. The average Bonchev–Trinajstić information content (AvgIpc) is 3.18. The second-order valence-electron chi connectivity index (χ2n) is 9.77. The molecule has 0 spiro atoms. The van der Waals surface area contributed by atoms with E-state index in [9.17, 15) is 9.59 Å². The highest BCUT2D eigenvalue weighted by Crippen LogP contribution is 2.29. The van der Waals surface area contributed by atoms with Crippen molar-refractivity contribution in [3.05, 3.63) is 23.8 Å². The molecule has 1 atom stereocenters. The molecule has 1 fully saturated rings. The van der Waals surface area contributed by atoms with Gasteiger partial charge in [-0.1, -0.05) is 19.8 Å². The molecule has 0 aromatic heterocycles. The van der Waals surface area contributed by atoms with Gasteiger partial charge in [0.05, 0.1) is 0 Å². The maximum atomic E-state index is 13.0. The minimum Gasteiger partial charge on any atom is -0.377 e. The van der Waals surface area contributed by atoms with E-state index in [-0.39, 0.29) is 29.4 Å². The Balaban J connectivity index is 2.28. The van der Waals surface area contributed by atoms with Gasteiger partial charge in [-0.2, -0.15) is 0 Å². The molecule has 1 aromatic carbocycles. The lowest BCUT2D eigenvalue weighted by molar-refractivity contribution is -0.119. The van der Waals surface area contributed by atoms with Crippen LogP contribution in [0.2, 0.25) is 0 Å². The number of rotatable bonds is 7. The number of amides is 3. The van der Waals surface area contributed by atoms with Crippen LogP contribution in [0, 0.1) is 5.92 Å². The molecule has 30 heavy (non-hydrogen) atoms. The normalized spacial score (nSPS) is 15.6. The van der Waals surface area contributed by atoms with Crippen LogP contribution in [0.1, 0.15) is 72.3 Å². The molecule has 6 nitrogen and oxygen atoms in total. The first-order valence-corrected chi connectivity index (χ1v) is 11.2. The van der Waals surface area contributed by atoms with E-state index in [1.807, 2.05) is 62.9 Å². The van der Waals surface area contributed by atoms with Crippen molar-refractivity contribution in [1.29, 1.82) is 0 Å². The van der Waals surface area contributed by atoms with Gasteiger partial charge >= 0.3 is 6.03 Å². The predicted molar refractivity (Wildman–Crippen MR) is 125 cm³/mol. The Kier molecular flexibility index (Phi) is 8.16. The Hall–Kier alpha value is -2.24. The molecule has 0 saturated heterocycles. The SMILES string of the molecule is CC[C@@H](C)N(Cc1cc(NC(=O)C2CCCC2)ccc1N(C)C)C(=O)NC(C)(C)C. The number of nitrogens with one attached hydrogen (secondary N) is 2. The zero-order valence-corrected chi connectivity index (χ0v) is 19.8. The molecule has 168 valence electrons. The van der Waals surface area contributed by atoms with Gasteiger partial charge in [-0.3, -0.25) is 4.79 Å². The smallest absolute Gasteiger partial charge is 0.318 e. The topological polar surface area (TPSA) is 64.7 Å². The van der Waals surface area contributed by atoms with Crippen LogP contribution in [0.15, 0.2) is 18.2 Å². The second kappa shape index (κ2) is 10.2. The summed E-state index contributed by atoms with van der Waals surface area (Å²) in [5, 5.41) is 6.19. The van der Waals surface area contributed by atoms with Crippen molar-refractivity contribution >= 4 is 23.3 Å². The lowest BCUT2D eigenvalue weighted by Gasteiger charge is -2.33. The second-order valence-corrected chi connectivity index (χ2v) is 9.77. The number of carbonyl (C=O) groups is 2. The third-order valence-electron chi connectivity index (χ3n) is 5.76. The predicted octanol–water partition coefficient (Wildman–Crippen LogP) is 4.99. The summed E-state index contributed by atoms with van der Waals surface area (Å²) in [5.41, 5.74) is 2.57. The van der Waals surface area contributed by atoms with Gasteiger partial charge in [0.15, 0.2) is 0 Å². The van der Waals surface area contributed by atoms with Gasteiger partial charge in [-0.05, 0) is 70.7 Å². The van der Waals surface area contributed by atoms with Crippen LogP contribution in [-0.4, -0.2) is 42.5 Å². The molecule has 6 heteroatoms. The van der Waals surface area contributed by atoms with Crippen LogP contribution in [0.4, 0.5) is 16.2 Å².